The molecule has 1 aromatic rings. The number of carbonyl (C=O) groups excluding carboxylic acids is 1. The van der Waals surface area contributed by atoms with Crippen molar-refractivity contribution in [2.75, 3.05) is 33.4 Å². The average molecular weight is 303 g/mol. The van der Waals surface area contributed by atoms with E-state index in [0.29, 0.717) is 32.8 Å². The van der Waals surface area contributed by atoms with Crippen molar-refractivity contribution in [3.8, 4) is 5.75 Å². The first kappa shape index (κ1) is 18.7. The van der Waals surface area contributed by atoms with Crippen LogP contribution in [-0.4, -0.2) is 39.3 Å². The van der Waals surface area contributed by atoms with Gasteiger partial charge in [0.05, 0.1) is 19.8 Å². The van der Waals surface area contributed by atoms with Crippen LogP contribution in [0.3, 0.4) is 0 Å². The number of carbonyl (C=O) groups is 1. The Morgan fingerprint density at radius 3 is 2.55 bits per heavy atom. The van der Waals surface area contributed by atoms with Gasteiger partial charge in [0.15, 0.2) is 0 Å². The van der Waals surface area contributed by atoms with Crippen molar-refractivity contribution in [3.63, 3.8) is 0 Å². The van der Waals surface area contributed by atoms with Crippen molar-refractivity contribution >= 4 is 18.3 Å². The third-order valence-corrected chi connectivity index (χ3v) is 2.49. The fourth-order valence-corrected chi connectivity index (χ4v) is 1.51. The van der Waals surface area contributed by atoms with Crippen LogP contribution in [0.25, 0.3) is 0 Å². The van der Waals surface area contributed by atoms with E-state index in [1.54, 1.807) is 7.11 Å². The number of hydrogen-bond donors (Lipinski definition) is 2. The maximum Gasteiger partial charge on any atom is 0.234 e. The summed E-state index contributed by atoms with van der Waals surface area (Å²) in [5.41, 5.74) is 1.05. The summed E-state index contributed by atoms with van der Waals surface area (Å²) in [4.78, 5) is 11.5. The number of nitrogens with one attached hydrogen (secondary N) is 2. The van der Waals surface area contributed by atoms with Crippen molar-refractivity contribution in [1.82, 2.24) is 10.6 Å². The smallest absolute Gasteiger partial charge is 0.234 e. The van der Waals surface area contributed by atoms with Crippen LogP contribution < -0.4 is 15.4 Å². The molecule has 0 spiro atoms. The normalized spacial score (nSPS) is 9.70. The molecular weight excluding hydrogens is 280 g/mol. The lowest BCUT2D eigenvalue weighted by Crippen LogP contribution is -2.34. The predicted octanol–water partition coefficient (Wildman–Crippen LogP) is 1.36. The summed E-state index contributed by atoms with van der Waals surface area (Å²) in [6.45, 7) is 4.71. The Morgan fingerprint density at radius 2 is 1.95 bits per heavy atom. The maximum absolute atomic E-state index is 11.5. The number of benzene rings is 1. The van der Waals surface area contributed by atoms with E-state index in [-0.39, 0.29) is 18.3 Å². The van der Waals surface area contributed by atoms with Crippen molar-refractivity contribution < 1.29 is 14.3 Å². The Bertz CT molecular complexity index is 371. The highest BCUT2D eigenvalue weighted by Crippen LogP contribution is 2.11. The van der Waals surface area contributed by atoms with Gasteiger partial charge in [0.2, 0.25) is 5.91 Å². The van der Waals surface area contributed by atoms with Gasteiger partial charge in [-0.25, -0.2) is 0 Å². The summed E-state index contributed by atoms with van der Waals surface area (Å²) in [5, 5.41) is 5.84. The van der Waals surface area contributed by atoms with Crippen LogP contribution in [0.15, 0.2) is 24.3 Å². The molecule has 0 fully saturated rings. The number of halogens is 1. The van der Waals surface area contributed by atoms with E-state index in [0.717, 1.165) is 11.3 Å². The highest BCUT2D eigenvalue weighted by atomic mass is 35.5. The van der Waals surface area contributed by atoms with Gasteiger partial charge in [-0.05, 0) is 24.6 Å². The standard InChI is InChI=1S/C14H22N2O3.ClH/c1-3-19-13-6-4-12(5-7-13)10-16-14(17)11-15-8-9-18-2;/h4-7,15H,3,8-11H2,1-2H3,(H,16,17);1H. The van der Waals surface area contributed by atoms with Crippen LogP contribution in [0.5, 0.6) is 5.75 Å². The second kappa shape index (κ2) is 11.5. The van der Waals surface area contributed by atoms with Crippen molar-refractivity contribution in [3.05, 3.63) is 29.8 Å². The lowest BCUT2D eigenvalue weighted by molar-refractivity contribution is -0.120. The molecule has 0 saturated heterocycles. The Kier molecular flexibility index (Phi) is 10.8. The third-order valence-electron chi connectivity index (χ3n) is 2.49. The number of amides is 1. The molecule has 0 saturated carbocycles. The van der Waals surface area contributed by atoms with Crippen LogP contribution in [0.2, 0.25) is 0 Å². The summed E-state index contributed by atoms with van der Waals surface area (Å²) in [6.07, 6.45) is 0. The molecule has 0 bridgehead atoms. The van der Waals surface area contributed by atoms with Crippen LogP contribution in [0.1, 0.15) is 12.5 Å². The van der Waals surface area contributed by atoms with E-state index >= 15 is 0 Å². The number of methoxy groups -OCH3 is 1. The number of ether oxygens (including phenoxy) is 2. The predicted molar refractivity (Wildman–Crippen MR) is 81.5 cm³/mol. The van der Waals surface area contributed by atoms with Crippen molar-refractivity contribution in [2.45, 2.75) is 13.5 Å². The Hall–Kier alpha value is -1.30. The van der Waals surface area contributed by atoms with Gasteiger partial charge >= 0.3 is 0 Å². The molecule has 0 aliphatic carbocycles. The van der Waals surface area contributed by atoms with E-state index in [4.69, 9.17) is 9.47 Å². The van der Waals surface area contributed by atoms with E-state index in [1.807, 2.05) is 31.2 Å². The lowest BCUT2D eigenvalue weighted by atomic mass is 10.2. The highest BCUT2D eigenvalue weighted by molar-refractivity contribution is 5.85. The molecule has 1 amide bonds. The van der Waals surface area contributed by atoms with Gasteiger partial charge in [0.25, 0.3) is 0 Å². The van der Waals surface area contributed by atoms with Gasteiger partial charge in [-0.15, -0.1) is 12.4 Å². The fraction of sp³-hybridized carbons (Fsp3) is 0.500. The van der Waals surface area contributed by atoms with Crippen LogP contribution in [-0.2, 0) is 16.1 Å². The second-order valence-electron chi connectivity index (χ2n) is 4.02. The van der Waals surface area contributed by atoms with Crippen LogP contribution in [0, 0.1) is 0 Å². The molecule has 114 valence electrons. The number of rotatable bonds is 9. The van der Waals surface area contributed by atoms with Crippen molar-refractivity contribution in [1.29, 1.82) is 0 Å². The van der Waals surface area contributed by atoms with Gasteiger partial charge < -0.3 is 20.1 Å². The number of hydrogen-bond acceptors (Lipinski definition) is 4. The van der Waals surface area contributed by atoms with E-state index in [2.05, 4.69) is 10.6 Å². The van der Waals surface area contributed by atoms with Gasteiger partial charge in [-0.3, -0.25) is 4.79 Å². The minimum absolute atomic E-state index is 0. The molecule has 0 aliphatic rings. The molecule has 0 aromatic heterocycles. The zero-order valence-electron chi connectivity index (χ0n) is 12.0. The molecule has 6 heteroatoms. The Balaban J connectivity index is 0.00000361. The monoisotopic (exact) mass is 302 g/mol. The third kappa shape index (κ3) is 7.99. The zero-order valence-corrected chi connectivity index (χ0v) is 12.8. The zero-order chi connectivity index (χ0) is 13.9. The largest absolute Gasteiger partial charge is 0.494 e. The van der Waals surface area contributed by atoms with Crippen LogP contribution in [0.4, 0.5) is 0 Å². The molecule has 2 N–H and O–H groups in total. The molecule has 1 aromatic carbocycles. The van der Waals surface area contributed by atoms with Gasteiger partial charge in [0.1, 0.15) is 5.75 Å². The highest BCUT2D eigenvalue weighted by Gasteiger charge is 2.00. The molecule has 0 radical (unpaired) electrons. The average Bonchev–Trinajstić information content (AvgIpc) is 2.43. The topological polar surface area (TPSA) is 59.6 Å². The molecule has 0 unspecified atom stereocenters. The summed E-state index contributed by atoms with van der Waals surface area (Å²) in [6, 6.07) is 7.71. The van der Waals surface area contributed by atoms with Crippen LogP contribution >= 0.6 is 12.4 Å². The summed E-state index contributed by atoms with van der Waals surface area (Å²) in [7, 11) is 1.63. The molecule has 0 heterocycles. The molecule has 1 rings (SSSR count). The minimum Gasteiger partial charge on any atom is -0.494 e. The summed E-state index contributed by atoms with van der Waals surface area (Å²) >= 11 is 0. The first-order chi connectivity index (χ1) is 9.26. The molecule has 5 nitrogen and oxygen atoms in total. The van der Waals surface area contributed by atoms with E-state index in [9.17, 15) is 4.79 Å². The lowest BCUT2D eigenvalue weighted by Gasteiger charge is -2.07. The summed E-state index contributed by atoms with van der Waals surface area (Å²) in [5.74, 6) is 0.823. The van der Waals surface area contributed by atoms with E-state index in [1.165, 1.54) is 0 Å². The van der Waals surface area contributed by atoms with Gasteiger partial charge in [-0.2, -0.15) is 0 Å². The first-order valence-corrected chi connectivity index (χ1v) is 6.44. The molecular formula is C14H23ClN2O3. The fourth-order valence-electron chi connectivity index (χ4n) is 1.51. The minimum atomic E-state index is -0.0232. The molecule has 0 atom stereocenters. The Morgan fingerprint density at radius 1 is 1.25 bits per heavy atom. The van der Waals surface area contributed by atoms with Crippen molar-refractivity contribution in [2.24, 2.45) is 0 Å². The Labute approximate surface area is 126 Å². The van der Waals surface area contributed by atoms with Gasteiger partial charge in [-0.1, -0.05) is 12.1 Å². The van der Waals surface area contributed by atoms with E-state index < -0.39 is 0 Å². The van der Waals surface area contributed by atoms with Gasteiger partial charge in [0, 0.05) is 20.2 Å². The summed E-state index contributed by atoms with van der Waals surface area (Å²) < 4.78 is 10.2. The molecule has 20 heavy (non-hydrogen) atoms. The SMILES string of the molecule is CCOc1ccc(CNC(=O)CNCCOC)cc1.Cl. The molecule has 0 aliphatic heterocycles. The second-order valence-corrected chi connectivity index (χ2v) is 4.02. The quantitative estimate of drug-likeness (QED) is 0.676. The maximum atomic E-state index is 11.5. The first-order valence-electron chi connectivity index (χ1n) is 6.44.